The molecule has 5 heteroatoms. The standard InChI is InChI=1S/C10H15N3O2/c1-7-3-5-12-10(9(7)11)13(2)6-4-8(14)15/h3,5H,4,6,11H2,1-2H3,(H,14,15). The zero-order chi connectivity index (χ0) is 11.4. The third-order valence-corrected chi connectivity index (χ3v) is 2.21. The molecule has 0 aliphatic heterocycles. The lowest BCUT2D eigenvalue weighted by molar-refractivity contribution is -0.136. The van der Waals surface area contributed by atoms with E-state index >= 15 is 0 Å². The quantitative estimate of drug-likeness (QED) is 0.769. The number of nitrogens with zero attached hydrogens (tertiary/aromatic N) is 2. The molecule has 0 amide bonds. The second kappa shape index (κ2) is 4.63. The van der Waals surface area contributed by atoms with Gasteiger partial charge in [-0.15, -0.1) is 0 Å². The highest BCUT2D eigenvalue weighted by Gasteiger charge is 2.09. The smallest absolute Gasteiger partial charge is 0.305 e. The van der Waals surface area contributed by atoms with Gasteiger partial charge in [-0.3, -0.25) is 4.79 Å². The molecule has 0 aliphatic rings. The molecule has 0 fully saturated rings. The third-order valence-electron chi connectivity index (χ3n) is 2.21. The number of nitrogens with two attached hydrogens (primary N) is 1. The average Bonchev–Trinajstić information content (AvgIpc) is 2.18. The van der Waals surface area contributed by atoms with Crippen LogP contribution in [0.4, 0.5) is 11.5 Å². The maximum absolute atomic E-state index is 10.4. The van der Waals surface area contributed by atoms with E-state index in [4.69, 9.17) is 10.8 Å². The number of aryl methyl sites for hydroxylation is 1. The number of nitrogen functional groups attached to an aromatic ring is 1. The lowest BCUT2D eigenvalue weighted by Gasteiger charge is -2.19. The van der Waals surface area contributed by atoms with Gasteiger partial charge in [0.25, 0.3) is 0 Å². The van der Waals surface area contributed by atoms with E-state index in [1.165, 1.54) is 0 Å². The van der Waals surface area contributed by atoms with Crippen LogP contribution in [0.2, 0.25) is 0 Å². The zero-order valence-electron chi connectivity index (χ0n) is 8.90. The van der Waals surface area contributed by atoms with Crippen LogP contribution in [0.15, 0.2) is 12.3 Å². The molecule has 15 heavy (non-hydrogen) atoms. The molecule has 0 radical (unpaired) electrons. The van der Waals surface area contributed by atoms with Crippen molar-refractivity contribution in [3.05, 3.63) is 17.8 Å². The lowest BCUT2D eigenvalue weighted by atomic mass is 10.2. The van der Waals surface area contributed by atoms with Gasteiger partial charge >= 0.3 is 5.97 Å². The number of carboxylic acid groups (broad SMARTS) is 1. The Balaban J connectivity index is 2.77. The van der Waals surface area contributed by atoms with E-state index in [1.807, 2.05) is 13.0 Å². The minimum atomic E-state index is -0.826. The van der Waals surface area contributed by atoms with Gasteiger partial charge in [-0.05, 0) is 18.6 Å². The molecule has 5 nitrogen and oxygen atoms in total. The second-order valence-corrected chi connectivity index (χ2v) is 3.43. The van der Waals surface area contributed by atoms with Crippen molar-refractivity contribution in [2.75, 3.05) is 24.2 Å². The SMILES string of the molecule is Cc1ccnc(N(C)CCC(=O)O)c1N. The Bertz CT molecular complexity index is 366. The van der Waals surface area contributed by atoms with E-state index in [-0.39, 0.29) is 6.42 Å². The summed E-state index contributed by atoms with van der Waals surface area (Å²) in [5.74, 6) is -0.190. The second-order valence-electron chi connectivity index (χ2n) is 3.43. The molecule has 82 valence electrons. The van der Waals surface area contributed by atoms with Crippen LogP contribution >= 0.6 is 0 Å². The summed E-state index contributed by atoms with van der Waals surface area (Å²) in [7, 11) is 1.78. The van der Waals surface area contributed by atoms with E-state index < -0.39 is 5.97 Å². The van der Waals surface area contributed by atoms with E-state index in [1.54, 1.807) is 18.1 Å². The molecule has 0 unspecified atom stereocenters. The summed E-state index contributed by atoms with van der Waals surface area (Å²) >= 11 is 0. The fourth-order valence-electron chi connectivity index (χ4n) is 1.23. The first-order chi connectivity index (χ1) is 7.02. The Morgan fingerprint density at radius 3 is 2.93 bits per heavy atom. The van der Waals surface area contributed by atoms with Gasteiger partial charge < -0.3 is 15.7 Å². The van der Waals surface area contributed by atoms with E-state index in [0.29, 0.717) is 18.1 Å². The predicted octanol–water partition coefficient (Wildman–Crippen LogP) is 0.883. The van der Waals surface area contributed by atoms with Crippen LogP contribution in [0.3, 0.4) is 0 Å². The molecule has 1 heterocycles. The van der Waals surface area contributed by atoms with Crippen LogP contribution in [0.1, 0.15) is 12.0 Å². The zero-order valence-corrected chi connectivity index (χ0v) is 8.90. The molecule has 0 aliphatic carbocycles. The number of anilines is 2. The Morgan fingerprint density at radius 1 is 1.67 bits per heavy atom. The van der Waals surface area contributed by atoms with Gasteiger partial charge in [0.1, 0.15) is 0 Å². The first-order valence-corrected chi connectivity index (χ1v) is 4.66. The summed E-state index contributed by atoms with van der Waals surface area (Å²) in [6, 6.07) is 1.82. The number of rotatable bonds is 4. The van der Waals surface area contributed by atoms with Crippen LogP contribution < -0.4 is 10.6 Å². The first-order valence-electron chi connectivity index (χ1n) is 4.66. The highest BCUT2D eigenvalue weighted by Crippen LogP contribution is 2.21. The summed E-state index contributed by atoms with van der Waals surface area (Å²) in [5, 5.41) is 8.55. The van der Waals surface area contributed by atoms with Crippen molar-refractivity contribution in [3.8, 4) is 0 Å². The Labute approximate surface area is 88.5 Å². The Hall–Kier alpha value is -1.78. The molecule has 0 bridgehead atoms. The van der Waals surface area contributed by atoms with E-state index in [2.05, 4.69) is 4.98 Å². The maximum atomic E-state index is 10.4. The largest absolute Gasteiger partial charge is 0.481 e. The van der Waals surface area contributed by atoms with Crippen molar-refractivity contribution in [2.24, 2.45) is 0 Å². The number of carbonyl (C=O) groups is 1. The summed E-state index contributed by atoms with van der Waals surface area (Å²) in [6.07, 6.45) is 1.74. The minimum Gasteiger partial charge on any atom is -0.481 e. The molecule has 1 rings (SSSR count). The van der Waals surface area contributed by atoms with Gasteiger partial charge in [0, 0.05) is 19.8 Å². The average molecular weight is 209 g/mol. The van der Waals surface area contributed by atoms with Crippen LogP contribution in [0.5, 0.6) is 0 Å². The topological polar surface area (TPSA) is 79.5 Å². The molecule has 0 atom stereocenters. The van der Waals surface area contributed by atoms with Gasteiger partial charge in [-0.25, -0.2) is 4.98 Å². The van der Waals surface area contributed by atoms with Crippen molar-refractivity contribution in [1.82, 2.24) is 4.98 Å². The summed E-state index contributed by atoms with van der Waals surface area (Å²) in [4.78, 5) is 16.3. The number of aliphatic carboxylic acids is 1. The van der Waals surface area contributed by atoms with Crippen LogP contribution in [0.25, 0.3) is 0 Å². The van der Waals surface area contributed by atoms with Gasteiger partial charge in [0.2, 0.25) is 0 Å². The number of hydrogen-bond donors (Lipinski definition) is 2. The lowest BCUT2D eigenvalue weighted by Crippen LogP contribution is -2.23. The molecule has 1 aromatic heterocycles. The third kappa shape index (κ3) is 2.83. The predicted molar refractivity (Wildman–Crippen MR) is 58.9 cm³/mol. The minimum absolute atomic E-state index is 0.0750. The van der Waals surface area contributed by atoms with Gasteiger partial charge in [0.15, 0.2) is 5.82 Å². The molecule has 1 aromatic rings. The van der Waals surface area contributed by atoms with Gasteiger partial charge in [0.05, 0.1) is 12.1 Å². The van der Waals surface area contributed by atoms with E-state index in [0.717, 1.165) is 5.56 Å². The fraction of sp³-hybridized carbons (Fsp3) is 0.400. The van der Waals surface area contributed by atoms with Crippen molar-refractivity contribution in [2.45, 2.75) is 13.3 Å². The molecular formula is C10H15N3O2. The first kappa shape index (κ1) is 11.3. The van der Waals surface area contributed by atoms with E-state index in [9.17, 15) is 4.79 Å². The van der Waals surface area contributed by atoms with Crippen molar-refractivity contribution >= 4 is 17.5 Å². The highest BCUT2D eigenvalue weighted by atomic mass is 16.4. The molecular weight excluding hydrogens is 194 g/mol. The van der Waals surface area contributed by atoms with Crippen molar-refractivity contribution < 1.29 is 9.90 Å². The molecule has 3 N–H and O–H groups in total. The molecule has 0 saturated heterocycles. The van der Waals surface area contributed by atoms with Crippen molar-refractivity contribution in [3.63, 3.8) is 0 Å². The molecule has 0 saturated carbocycles. The number of aromatic nitrogens is 1. The Kier molecular flexibility index (Phi) is 3.49. The highest BCUT2D eigenvalue weighted by molar-refractivity contribution is 5.69. The number of hydrogen-bond acceptors (Lipinski definition) is 4. The monoisotopic (exact) mass is 209 g/mol. The summed E-state index contributed by atoms with van der Waals surface area (Å²) in [6.45, 7) is 2.29. The number of pyridine rings is 1. The van der Waals surface area contributed by atoms with Crippen molar-refractivity contribution in [1.29, 1.82) is 0 Å². The maximum Gasteiger partial charge on any atom is 0.305 e. The van der Waals surface area contributed by atoms with Gasteiger partial charge in [-0.2, -0.15) is 0 Å². The number of carboxylic acids is 1. The van der Waals surface area contributed by atoms with Crippen LogP contribution in [-0.4, -0.2) is 29.7 Å². The fourth-order valence-corrected chi connectivity index (χ4v) is 1.23. The molecule has 0 spiro atoms. The summed E-state index contributed by atoms with van der Waals surface area (Å²) < 4.78 is 0. The Morgan fingerprint density at radius 2 is 2.33 bits per heavy atom. The normalized spacial score (nSPS) is 10.0. The van der Waals surface area contributed by atoms with Gasteiger partial charge in [-0.1, -0.05) is 0 Å². The van der Waals surface area contributed by atoms with Crippen LogP contribution in [0, 0.1) is 6.92 Å². The van der Waals surface area contributed by atoms with Crippen LogP contribution in [-0.2, 0) is 4.79 Å². The molecule has 0 aromatic carbocycles. The summed E-state index contributed by atoms with van der Waals surface area (Å²) in [5.41, 5.74) is 7.39.